The van der Waals surface area contributed by atoms with E-state index in [1.807, 2.05) is 24.4 Å². The van der Waals surface area contributed by atoms with Crippen LogP contribution in [0, 0.1) is 5.41 Å². The number of para-hydroxylation sites is 1. The number of rotatable bonds is 3. The zero-order valence-electron chi connectivity index (χ0n) is 18.2. The molecule has 1 fully saturated rings. The van der Waals surface area contributed by atoms with Gasteiger partial charge in [0.1, 0.15) is 0 Å². The van der Waals surface area contributed by atoms with Gasteiger partial charge in [-0.25, -0.2) is 4.98 Å². The molecule has 1 aliphatic carbocycles. The van der Waals surface area contributed by atoms with E-state index in [1.54, 1.807) is 11.5 Å². The molecular formula is C24H27N3O3S. The SMILES string of the molecule is CC(=O)n1cc(C[C@H]2COCCN2c2nc3c(s2)C(=O)CC(C)(C)C3)c2ccccc21. The van der Waals surface area contributed by atoms with Gasteiger partial charge in [-0.05, 0) is 29.9 Å². The third-order valence-electron chi connectivity index (χ3n) is 6.29. The second-order valence-corrected chi connectivity index (χ2v) is 10.4. The molecule has 1 atom stereocenters. The zero-order chi connectivity index (χ0) is 21.8. The molecule has 0 N–H and O–H groups in total. The summed E-state index contributed by atoms with van der Waals surface area (Å²) in [7, 11) is 0. The number of anilines is 1. The minimum Gasteiger partial charge on any atom is -0.377 e. The lowest BCUT2D eigenvalue weighted by Crippen LogP contribution is -2.46. The molecule has 0 bridgehead atoms. The van der Waals surface area contributed by atoms with Crippen LogP contribution in [0.5, 0.6) is 0 Å². The molecule has 7 heteroatoms. The van der Waals surface area contributed by atoms with E-state index in [0.29, 0.717) is 19.6 Å². The molecule has 0 spiro atoms. The van der Waals surface area contributed by atoms with Gasteiger partial charge in [-0.15, -0.1) is 0 Å². The van der Waals surface area contributed by atoms with Crippen LogP contribution < -0.4 is 4.90 Å². The summed E-state index contributed by atoms with van der Waals surface area (Å²) in [5, 5.41) is 2.01. The lowest BCUT2D eigenvalue weighted by atomic mass is 9.78. The minimum atomic E-state index is -0.0334. The number of thiazole rings is 1. The Morgan fingerprint density at radius 2 is 2.10 bits per heavy atom. The van der Waals surface area contributed by atoms with Gasteiger partial charge in [0, 0.05) is 31.5 Å². The molecule has 3 aromatic rings. The van der Waals surface area contributed by atoms with Crippen LogP contribution in [0.15, 0.2) is 30.5 Å². The molecule has 2 aliphatic rings. The normalized spacial score (nSPS) is 20.8. The largest absolute Gasteiger partial charge is 0.377 e. The van der Waals surface area contributed by atoms with Crippen molar-refractivity contribution in [2.75, 3.05) is 24.7 Å². The van der Waals surface area contributed by atoms with Gasteiger partial charge in [0.15, 0.2) is 10.9 Å². The first-order valence-electron chi connectivity index (χ1n) is 10.8. The number of hydrogen-bond acceptors (Lipinski definition) is 6. The number of carbonyl (C=O) groups is 2. The Morgan fingerprint density at radius 3 is 2.90 bits per heavy atom. The van der Waals surface area contributed by atoms with E-state index in [-0.39, 0.29) is 23.1 Å². The van der Waals surface area contributed by atoms with Gasteiger partial charge in [0.2, 0.25) is 5.91 Å². The molecule has 1 saturated heterocycles. The monoisotopic (exact) mass is 437 g/mol. The topological polar surface area (TPSA) is 64.4 Å². The van der Waals surface area contributed by atoms with E-state index in [0.717, 1.165) is 51.6 Å². The molecular weight excluding hydrogens is 410 g/mol. The minimum absolute atomic E-state index is 0.00734. The first-order valence-corrected chi connectivity index (χ1v) is 11.6. The number of fused-ring (bicyclic) bond motifs is 2. The Labute approximate surface area is 185 Å². The standard InChI is InChI=1S/C24H27N3O3S/c1-15(28)27-13-16(18-6-4-5-7-20(18)27)10-17-14-30-9-8-26(17)23-25-19-11-24(2,3)12-21(29)22(19)31-23/h4-7,13,17H,8-12,14H2,1-3H3/t17-/m0/s1. The molecule has 1 aromatic carbocycles. The van der Waals surface area contributed by atoms with Crippen LogP contribution in [0.25, 0.3) is 10.9 Å². The number of ether oxygens (including phenoxy) is 1. The quantitative estimate of drug-likeness (QED) is 0.609. The van der Waals surface area contributed by atoms with Crippen LogP contribution in [0.2, 0.25) is 0 Å². The Hall–Kier alpha value is -2.51. The van der Waals surface area contributed by atoms with Gasteiger partial charge in [0.05, 0.1) is 35.3 Å². The van der Waals surface area contributed by atoms with E-state index in [1.165, 1.54) is 11.3 Å². The van der Waals surface area contributed by atoms with Gasteiger partial charge in [-0.2, -0.15) is 0 Å². The summed E-state index contributed by atoms with van der Waals surface area (Å²) in [6, 6.07) is 8.13. The molecule has 2 aromatic heterocycles. The zero-order valence-corrected chi connectivity index (χ0v) is 19.0. The van der Waals surface area contributed by atoms with Crippen molar-refractivity contribution in [1.29, 1.82) is 0 Å². The maximum atomic E-state index is 12.7. The number of hydrogen-bond donors (Lipinski definition) is 0. The molecule has 0 amide bonds. The molecule has 162 valence electrons. The summed E-state index contributed by atoms with van der Waals surface area (Å²) in [5.74, 6) is 0.220. The molecule has 1 aliphatic heterocycles. The van der Waals surface area contributed by atoms with Crippen molar-refractivity contribution in [3.8, 4) is 0 Å². The molecule has 0 unspecified atom stereocenters. The van der Waals surface area contributed by atoms with Crippen LogP contribution in [-0.4, -0.2) is 47.0 Å². The molecule has 3 heterocycles. The smallest absolute Gasteiger partial charge is 0.227 e. The highest BCUT2D eigenvalue weighted by atomic mass is 32.1. The van der Waals surface area contributed by atoms with E-state index >= 15 is 0 Å². The second-order valence-electron chi connectivity index (χ2n) is 9.40. The van der Waals surface area contributed by atoms with Crippen LogP contribution in [0.1, 0.15) is 52.9 Å². The summed E-state index contributed by atoms with van der Waals surface area (Å²) in [6.07, 6.45) is 4.13. The Bertz CT molecular complexity index is 1180. The Balaban J connectivity index is 1.48. The molecule has 6 nitrogen and oxygen atoms in total. The maximum absolute atomic E-state index is 12.7. The first-order chi connectivity index (χ1) is 14.8. The van der Waals surface area contributed by atoms with Crippen molar-refractivity contribution in [1.82, 2.24) is 9.55 Å². The van der Waals surface area contributed by atoms with Crippen molar-refractivity contribution in [3.63, 3.8) is 0 Å². The van der Waals surface area contributed by atoms with Gasteiger partial charge in [-0.1, -0.05) is 43.4 Å². The second kappa shape index (κ2) is 7.57. The third-order valence-corrected chi connectivity index (χ3v) is 7.46. The van der Waals surface area contributed by atoms with Gasteiger partial charge < -0.3 is 9.64 Å². The van der Waals surface area contributed by atoms with Gasteiger partial charge in [0.25, 0.3) is 0 Å². The first kappa shape index (κ1) is 20.4. The fourth-order valence-electron chi connectivity index (χ4n) is 4.83. The highest BCUT2D eigenvalue weighted by Crippen LogP contribution is 2.40. The lowest BCUT2D eigenvalue weighted by molar-refractivity contribution is 0.0911. The van der Waals surface area contributed by atoms with Crippen molar-refractivity contribution in [2.24, 2.45) is 5.41 Å². The average molecular weight is 438 g/mol. The Morgan fingerprint density at radius 1 is 1.29 bits per heavy atom. The van der Waals surface area contributed by atoms with Crippen molar-refractivity contribution in [3.05, 3.63) is 46.6 Å². The number of Topliss-reactive ketones (excluding diaryl/α,β-unsaturated/α-hetero) is 1. The van der Waals surface area contributed by atoms with Crippen LogP contribution in [0.4, 0.5) is 5.13 Å². The fourth-order valence-corrected chi connectivity index (χ4v) is 5.95. The van der Waals surface area contributed by atoms with Crippen LogP contribution >= 0.6 is 11.3 Å². The number of nitrogens with zero attached hydrogens (tertiary/aromatic N) is 3. The van der Waals surface area contributed by atoms with Crippen molar-refractivity contribution in [2.45, 2.75) is 46.1 Å². The summed E-state index contributed by atoms with van der Waals surface area (Å²) >= 11 is 1.53. The number of ketones is 1. The molecule has 5 rings (SSSR count). The molecule has 31 heavy (non-hydrogen) atoms. The number of aromatic nitrogens is 2. The fraction of sp³-hybridized carbons (Fsp3) is 0.458. The molecule has 0 saturated carbocycles. The van der Waals surface area contributed by atoms with E-state index in [9.17, 15) is 9.59 Å². The predicted molar refractivity (Wildman–Crippen MR) is 122 cm³/mol. The number of morpholine rings is 1. The van der Waals surface area contributed by atoms with Gasteiger partial charge in [-0.3, -0.25) is 14.2 Å². The van der Waals surface area contributed by atoms with Gasteiger partial charge >= 0.3 is 0 Å². The summed E-state index contributed by atoms with van der Waals surface area (Å²) < 4.78 is 7.55. The van der Waals surface area contributed by atoms with Crippen molar-refractivity contribution >= 4 is 39.1 Å². The number of carbonyl (C=O) groups excluding carboxylic acids is 2. The molecule has 0 radical (unpaired) electrons. The van der Waals surface area contributed by atoms with Crippen LogP contribution in [0.3, 0.4) is 0 Å². The van der Waals surface area contributed by atoms with Crippen molar-refractivity contribution < 1.29 is 14.3 Å². The summed E-state index contributed by atoms with van der Waals surface area (Å²) in [6.45, 7) is 7.86. The summed E-state index contributed by atoms with van der Waals surface area (Å²) in [5.41, 5.74) is 2.98. The summed E-state index contributed by atoms with van der Waals surface area (Å²) in [4.78, 5) is 32.9. The number of benzene rings is 1. The van der Waals surface area contributed by atoms with E-state index < -0.39 is 0 Å². The highest BCUT2D eigenvalue weighted by molar-refractivity contribution is 7.17. The highest BCUT2D eigenvalue weighted by Gasteiger charge is 2.36. The Kier molecular flexibility index (Phi) is 4.98. The third kappa shape index (κ3) is 3.70. The lowest BCUT2D eigenvalue weighted by Gasteiger charge is -2.35. The maximum Gasteiger partial charge on any atom is 0.227 e. The van der Waals surface area contributed by atoms with E-state index in [4.69, 9.17) is 9.72 Å². The average Bonchev–Trinajstić information content (AvgIpc) is 3.30. The van der Waals surface area contributed by atoms with Crippen LogP contribution in [-0.2, 0) is 17.6 Å². The predicted octanol–water partition coefficient (Wildman–Crippen LogP) is 4.36. The van der Waals surface area contributed by atoms with E-state index in [2.05, 4.69) is 24.8 Å².